The third-order valence-electron chi connectivity index (χ3n) is 5.24. The Labute approximate surface area is 172 Å². The summed E-state index contributed by atoms with van der Waals surface area (Å²) in [5.74, 6) is 0. The van der Waals surface area contributed by atoms with E-state index < -0.39 is 0 Å². The van der Waals surface area contributed by atoms with Gasteiger partial charge < -0.3 is 15.1 Å². The first-order valence-corrected chi connectivity index (χ1v) is 11.2. The Morgan fingerprint density at radius 1 is 1.07 bits per heavy atom. The molecule has 1 N–H and O–H groups in total. The van der Waals surface area contributed by atoms with Gasteiger partial charge in [-0.05, 0) is 36.9 Å². The number of urea groups is 1. The van der Waals surface area contributed by atoms with E-state index in [1.54, 1.807) is 11.3 Å². The molecule has 152 valence electrons. The molecule has 0 bridgehead atoms. The highest BCUT2D eigenvalue weighted by atomic mass is 32.1. The van der Waals surface area contributed by atoms with Gasteiger partial charge in [-0.2, -0.15) is 0 Å². The second kappa shape index (κ2) is 11.2. The van der Waals surface area contributed by atoms with Gasteiger partial charge in [-0.1, -0.05) is 36.4 Å². The zero-order chi connectivity index (χ0) is 19.6. The second-order valence-electron chi connectivity index (χ2n) is 7.28. The fourth-order valence-electron chi connectivity index (χ4n) is 3.54. The van der Waals surface area contributed by atoms with E-state index >= 15 is 0 Å². The number of carbonyl (C=O) groups excluding carboxylic acids is 1. The number of carbonyl (C=O) groups is 1. The van der Waals surface area contributed by atoms with Crippen LogP contribution in [0.15, 0.2) is 47.8 Å². The van der Waals surface area contributed by atoms with Crippen LogP contribution in [0.2, 0.25) is 0 Å². The van der Waals surface area contributed by atoms with Gasteiger partial charge in [-0.3, -0.25) is 4.90 Å². The highest BCUT2D eigenvalue weighted by molar-refractivity contribution is 7.09. The van der Waals surface area contributed by atoms with Gasteiger partial charge in [-0.15, -0.1) is 11.3 Å². The molecule has 0 saturated carbocycles. The Morgan fingerprint density at radius 2 is 1.82 bits per heavy atom. The van der Waals surface area contributed by atoms with Gasteiger partial charge in [0.05, 0.1) is 6.54 Å². The minimum absolute atomic E-state index is 0.0450. The number of nitrogens with one attached hydrogen (secondary N) is 1. The van der Waals surface area contributed by atoms with E-state index in [9.17, 15) is 4.79 Å². The molecule has 1 fully saturated rings. The fraction of sp³-hybridized carbons (Fsp3) is 0.500. The van der Waals surface area contributed by atoms with Crippen molar-refractivity contribution in [2.45, 2.75) is 26.4 Å². The highest BCUT2D eigenvalue weighted by Crippen LogP contribution is 2.12. The third kappa shape index (κ3) is 6.62. The number of thiophene rings is 1. The summed E-state index contributed by atoms with van der Waals surface area (Å²) in [6.07, 6.45) is 1.00. The number of hydrogen-bond acceptors (Lipinski definition) is 4. The Bertz CT molecular complexity index is 684. The number of hydrogen-bond donors (Lipinski definition) is 1. The standard InChI is InChI=1S/C22H32N4OS/c1-2-26(19-21-10-6-17-28-21)22(27)23-11-7-12-24-13-15-25(16-14-24)18-20-8-4-3-5-9-20/h3-6,8-10,17H,2,7,11-16,18-19H2,1H3,(H,23,27). The van der Waals surface area contributed by atoms with Crippen molar-refractivity contribution in [3.05, 3.63) is 58.3 Å². The molecule has 0 aliphatic carbocycles. The maximum atomic E-state index is 12.4. The van der Waals surface area contributed by atoms with E-state index in [1.165, 1.54) is 10.4 Å². The van der Waals surface area contributed by atoms with Crippen LogP contribution in [-0.4, -0.2) is 66.5 Å². The average Bonchev–Trinajstić information content (AvgIpc) is 3.24. The van der Waals surface area contributed by atoms with Gasteiger partial charge in [0.15, 0.2) is 0 Å². The molecule has 0 unspecified atom stereocenters. The van der Waals surface area contributed by atoms with Crippen molar-refractivity contribution >= 4 is 17.4 Å². The molecule has 28 heavy (non-hydrogen) atoms. The summed E-state index contributed by atoms with van der Waals surface area (Å²) in [6, 6.07) is 14.9. The summed E-state index contributed by atoms with van der Waals surface area (Å²) in [5, 5.41) is 5.14. The molecule has 1 aromatic carbocycles. The number of rotatable bonds is 9. The highest BCUT2D eigenvalue weighted by Gasteiger charge is 2.17. The first kappa shape index (κ1) is 20.8. The average molecular weight is 401 g/mol. The number of nitrogens with zero attached hydrogens (tertiary/aromatic N) is 3. The first-order valence-electron chi connectivity index (χ1n) is 10.3. The van der Waals surface area contributed by atoms with E-state index in [0.29, 0.717) is 6.54 Å². The van der Waals surface area contributed by atoms with E-state index in [4.69, 9.17) is 0 Å². The predicted octanol–water partition coefficient (Wildman–Crippen LogP) is 3.49. The zero-order valence-electron chi connectivity index (χ0n) is 16.8. The molecule has 2 heterocycles. The van der Waals surface area contributed by atoms with E-state index in [0.717, 1.165) is 58.8 Å². The summed E-state index contributed by atoms with van der Waals surface area (Å²) >= 11 is 1.70. The van der Waals surface area contributed by atoms with Crippen molar-refractivity contribution in [2.24, 2.45) is 0 Å². The molecule has 2 amide bonds. The van der Waals surface area contributed by atoms with Gasteiger partial charge in [0.25, 0.3) is 0 Å². The molecule has 1 aromatic heterocycles. The normalized spacial score (nSPS) is 15.5. The van der Waals surface area contributed by atoms with Crippen molar-refractivity contribution in [1.82, 2.24) is 20.0 Å². The largest absolute Gasteiger partial charge is 0.338 e. The van der Waals surface area contributed by atoms with Crippen molar-refractivity contribution in [1.29, 1.82) is 0 Å². The molecule has 1 aliphatic rings. The Balaban J connectivity index is 1.29. The van der Waals surface area contributed by atoms with E-state index in [1.807, 2.05) is 17.9 Å². The molecule has 6 heteroatoms. The van der Waals surface area contributed by atoms with Crippen LogP contribution in [0.3, 0.4) is 0 Å². The maximum Gasteiger partial charge on any atom is 0.317 e. The Hall–Kier alpha value is -1.89. The number of piperazine rings is 1. The minimum Gasteiger partial charge on any atom is -0.338 e. The van der Waals surface area contributed by atoms with Crippen LogP contribution < -0.4 is 5.32 Å². The van der Waals surface area contributed by atoms with Crippen molar-refractivity contribution in [3.8, 4) is 0 Å². The summed E-state index contributed by atoms with van der Waals surface area (Å²) in [5.41, 5.74) is 1.39. The summed E-state index contributed by atoms with van der Waals surface area (Å²) in [6.45, 7) is 10.7. The van der Waals surface area contributed by atoms with Crippen LogP contribution in [0.5, 0.6) is 0 Å². The molecule has 5 nitrogen and oxygen atoms in total. The van der Waals surface area contributed by atoms with Crippen LogP contribution in [0.25, 0.3) is 0 Å². The van der Waals surface area contributed by atoms with Crippen molar-refractivity contribution in [3.63, 3.8) is 0 Å². The lowest BCUT2D eigenvalue weighted by atomic mass is 10.2. The molecule has 0 radical (unpaired) electrons. The lowest BCUT2D eigenvalue weighted by Gasteiger charge is -2.34. The second-order valence-corrected chi connectivity index (χ2v) is 8.31. The van der Waals surface area contributed by atoms with Crippen LogP contribution in [0.1, 0.15) is 23.8 Å². The number of benzene rings is 1. The van der Waals surface area contributed by atoms with Crippen LogP contribution >= 0.6 is 11.3 Å². The van der Waals surface area contributed by atoms with Crippen molar-refractivity contribution < 1.29 is 4.79 Å². The quantitative estimate of drug-likeness (QED) is 0.655. The lowest BCUT2D eigenvalue weighted by molar-refractivity contribution is 0.126. The minimum atomic E-state index is 0.0450. The van der Waals surface area contributed by atoms with Gasteiger partial charge in [0.1, 0.15) is 0 Å². The topological polar surface area (TPSA) is 38.8 Å². The summed E-state index contributed by atoms with van der Waals surface area (Å²) < 4.78 is 0. The van der Waals surface area contributed by atoms with Gasteiger partial charge >= 0.3 is 6.03 Å². The van der Waals surface area contributed by atoms with E-state index in [-0.39, 0.29) is 6.03 Å². The van der Waals surface area contributed by atoms with Crippen molar-refractivity contribution in [2.75, 3.05) is 45.8 Å². The Morgan fingerprint density at radius 3 is 2.50 bits per heavy atom. The molecule has 2 aromatic rings. The SMILES string of the molecule is CCN(Cc1cccs1)C(=O)NCCCN1CCN(Cc2ccccc2)CC1. The molecule has 1 saturated heterocycles. The third-order valence-corrected chi connectivity index (χ3v) is 6.10. The zero-order valence-corrected chi connectivity index (χ0v) is 17.7. The van der Waals surface area contributed by atoms with E-state index in [2.05, 4.69) is 56.9 Å². The molecular weight excluding hydrogens is 368 g/mol. The maximum absolute atomic E-state index is 12.4. The molecule has 1 aliphatic heterocycles. The molecule has 0 atom stereocenters. The lowest BCUT2D eigenvalue weighted by Crippen LogP contribution is -2.46. The predicted molar refractivity (Wildman–Crippen MR) is 117 cm³/mol. The van der Waals surface area contributed by atoms with Gasteiger partial charge in [0.2, 0.25) is 0 Å². The fourth-order valence-corrected chi connectivity index (χ4v) is 4.26. The smallest absolute Gasteiger partial charge is 0.317 e. The summed E-state index contributed by atoms with van der Waals surface area (Å²) in [4.78, 5) is 20.5. The molecule has 3 rings (SSSR count). The van der Waals surface area contributed by atoms with Crippen LogP contribution in [0, 0.1) is 0 Å². The molecular formula is C22H32N4OS. The van der Waals surface area contributed by atoms with Gasteiger partial charge in [-0.25, -0.2) is 4.79 Å². The van der Waals surface area contributed by atoms with Crippen LogP contribution in [-0.2, 0) is 13.1 Å². The first-order chi connectivity index (χ1) is 13.7. The number of amides is 2. The summed E-state index contributed by atoms with van der Waals surface area (Å²) in [7, 11) is 0. The van der Waals surface area contributed by atoms with Gasteiger partial charge in [0, 0.05) is 50.7 Å². The monoisotopic (exact) mass is 400 g/mol. The van der Waals surface area contributed by atoms with Crippen LogP contribution in [0.4, 0.5) is 4.79 Å². The molecule has 0 spiro atoms. The Kier molecular flexibility index (Phi) is 8.33.